The lowest BCUT2D eigenvalue weighted by Crippen LogP contribution is -2.43. The van der Waals surface area contributed by atoms with E-state index in [4.69, 9.17) is 0 Å². The third-order valence-electron chi connectivity index (χ3n) is 5.10. The predicted octanol–water partition coefficient (Wildman–Crippen LogP) is 3.36. The monoisotopic (exact) mass is 390 g/mol. The van der Waals surface area contributed by atoms with E-state index in [1.54, 1.807) is 6.33 Å². The van der Waals surface area contributed by atoms with Crippen LogP contribution < -0.4 is 10.6 Å². The molecule has 1 heterocycles. The Morgan fingerprint density at radius 2 is 2.11 bits per heavy atom. The van der Waals surface area contributed by atoms with Gasteiger partial charge in [0.15, 0.2) is 5.96 Å². The average Bonchev–Trinajstić information content (AvgIpc) is 3.33. The smallest absolute Gasteiger partial charge is 0.192 e. The molecule has 2 aromatic rings. The standard InChI is InChI=1S/C20H28F2N6/c1-3-19-27-24-13-28(19)11-10-23-20(26-16-6-4-5-7-16)25-14(2)17-9-8-15(21)12-18(17)22/h8-9,12-14,16H,3-7,10-11H2,1-2H3,(H2,23,25,26). The molecule has 28 heavy (non-hydrogen) atoms. The molecule has 1 unspecified atom stereocenters. The van der Waals surface area contributed by atoms with Gasteiger partial charge in [-0.3, -0.25) is 4.99 Å². The molecule has 1 aliphatic rings. The van der Waals surface area contributed by atoms with Gasteiger partial charge >= 0.3 is 0 Å². The number of aliphatic imine (C=N–C) groups is 1. The number of nitrogens with one attached hydrogen (secondary N) is 2. The van der Waals surface area contributed by atoms with Crippen LogP contribution >= 0.6 is 0 Å². The zero-order chi connectivity index (χ0) is 19.9. The highest BCUT2D eigenvalue weighted by molar-refractivity contribution is 5.80. The van der Waals surface area contributed by atoms with Crippen LogP contribution in [0.2, 0.25) is 0 Å². The number of aromatic nitrogens is 3. The second-order valence-corrected chi connectivity index (χ2v) is 7.18. The molecular formula is C20H28F2N6. The van der Waals surface area contributed by atoms with E-state index in [9.17, 15) is 8.78 Å². The van der Waals surface area contributed by atoms with Gasteiger partial charge < -0.3 is 15.2 Å². The Morgan fingerprint density at radius 3 is 2.82 bits per heavy atom. The van der Waals surface area contributed by atoms with Gasteiger partial charge in [-0.15, -0.1) is 10.2 Å². The molecule has 0 amide bonds. The molecule has 152 valence electrons. The molecule has 6 nitrogen and oxygen atoms in total. The Hall–Kier alpha value is -2.51. The number of halogens is 2. The van der Waals surface area contributed by atoms with Crippen molar-refractivity contribution in [2.75, 3.05) is 6.54 Å². The minimum atomic E-state index is -0.577. The van der Waals surface area contributed by atoms with Gasteiger partial charge in [-0.1, -0.05) is 25.8 Å². The number of aryl methyl sites for hydroxylation is 1. The van der Waals surface area contributed by atoms with Crippen molar-refractivity contribution >= 4 is 5.96 Å². The molecule has 1 aromatic heterocycles. The lowest BCUT2D eigenvalue weighted by molar-refractivity contribution is 0.544. The summed E-state index contributed by atoms with van der Waals surface area (Å²) >= 11 is 0. The first-order chi connectivity index (χ1) is 13.6. The maximum Gasteiger partial charge on any atom is 0.192 e. The van der Waals surface area contributed by atoms with Crippen LogP contribution in [0, 0.1) is 11.6 Å². The van der Waals surface area contributed by atoms with E-state index in [1.807, 2.05) is 18.4 Å². The van der Waals surface area contributed by atoms with E-state index in [1.165, 1.54) is 25.0 Å². The average molecular weight is 390 g/mol. The van der Waals surface area contributed by atoms with Crippen LogP contribution in [-0.2, 0) is 13.0 Å². The van der Waals surface area contributed by atoms with Crippen LogP contribution in [0.4, 0.5) is 8.78 Å². The van der Waals surface area contributed by atoms with Gasteiger partial charge in [0.25, 0.3) is 0 Å². The Morgan fingerprint density at radius 1 is 1.32 bits per heavy atom. The van der Waals surface area contributed by atoms with E-state index in [0.29, 0.717) is 30.7 Å². The second-order valence-electron chi connectivity index (χ2n) is 7.18. The molecule has 0 saturated heterocycles. The molecule has 0 spiro atoms. The highest BCUT2D eigenvalue weighted by Gasteiger charge is 2.19. The van der Waals surface area contributed by atoms with Crippen LogP contribution in [0.3, 0.4) is 0 Å². The topological polar surface area (TPSA) is 67.1 Å². The summed E-state index contributed by atoms with van der Waals surface area (Å²) in [5, 5.41) is 14.7. The number of hydrogen-bond acceptors (Lipinski definition) is 3. The summed E-state index contributed by atoms with van der Waals surface area (Å²) < 4.78 is 29.3. The molecule has 3 rings (SSSR count). The maximum absolute atomic E-state index is 14.1. The molecule has 0 bridgehead atoms. The highest BCUT2D eigenvalue weighted by atomic mass is 19.1. The van der Waals surface area contributed by atoms with Crippen molar-refractivity contribution in [3.63, 3.8) is 0 Å². The maximum atomic E-state index is 14.1. The fraction of sp³-hybridized carbons (Fsp3) is 0.550. The zero-order valence-corrected chi connectivity index (χ0v) is 16.5. The first-order valence-electron chi connectivity index (χ1n) is 9.96. The van der Waals surface area contributed by atoms with Crippen molar-refractivity contribution in [2.45, 2.75) is 64.6 Å². The fourth-order valence-corrected chi connectivity index (χ4v) is 3.54. The molecule has 1 saturated carbocycles. The van der Waals surface area contributed by atoms with Crippen molar-refractivity contribution in [1.82, 2.24) is 25.4 Å². The third kappa shape index (κ3) is 5.27. The van der Waals surface area contributed by atoms with Gasteiger partial charge in [-0.2, -0.15) is 0 Å². The summed E-state index contributed by atoms with van der Waals surface area (Å²) in [5.74, 6) is 0.439. The van der Waals surface area contributed by atoms with Crippen molar-refractivity contribution < 1.29 is 8.78 Å². The van der Waals surface area contributed by atoms with E-state index in [2.05, 4.69) is 25.8 Å². The highest BCUT2D eigenvalue weighted by Crippen LogP contribution is 2.19. The van der Waals surface area contributed by atoms with Crippen molar-refractivity contribution in [3.05, 3.63) is 47.5 Å². The van der Waals surface area contributed by atoms with E-state index in [-0.39, 0.29) is 6.04 Å². The molecule has 2 N–H and O–H groups in total. The Labute approximate surface area is 164 Å². The normalized spacial score (nSPS) is 16.4. The van der Waals surface area contributed by atoms with Crippen LogP contribution in [0.1, 0.15) is 57.0 Å². The molecule has 1 aliphatic carbocycles. The first-order valence-corrected chi connectivity index (χ1v) is 9.96. The minimum Gasteiger partial charge on any atom is -0.354 e. The number of hydrogen-bond donors (Lipinski definition) is 2. The molecular weight excluding hydrogens is 362 g/mol. The quantitative estimate of drug-likeness (QED) is 0.562. The molecule has 0 radical (unpaired) electrons. The molecule has 0 aliphatic heterocycles. The van der Waals surface area contributed by atoms with E-state index >= 15 is 0 Å². The SMILES string of the molecule is CCc1nncn1CCN=C(NC1CCCC1)NC(C)c1ccc(F)cc1F. The Bertz CT molecular complexity index is 798. The van der Waals surface area contributed by atoms with Crippen molar-refractivity contribution in [3.8, 4) is 0 Å². The van der Waals surface area contributed by atoms with Crippen LogP contribution in [-0.4, -0.2) is 33.3 Å². The van der Waals surface area contributed by atoms with Gasteiger partial charge in [0.2, 0.25) is 0 Å². The van der Waals surface area contributed by atoms with Gasteiger partial charge in [-0.25, -0.2) is 8.78 Å². The predicted molar refractivity (Wildman–Crippen MR) is 105 cm³/mol. The largest absolute Gasteiger partial charge is 0.354 e. The number of benzene rings is 1. The lowest BCUT2D eigenvalue weighted by atomic mass is 10.1. The summed E-state index contributed by atoms with van der Waals surface area (Å²) in [6.07, 6.45) is 7.14. The van der Waals surface area contributed by atoms with Crippen molar-refractivity contribution in [2.24, 2.45) is 4.99 Å². The Kier molecular flexibility index (Phi) is 6.95. The third-order valence-corrected chi connectivity index (χ3v) is 5.10. The molecule has 1 aromatic carbocycles. The molecule has 8 heteroatoms. The van der Waals surface area contributed by atoms with Gasteiger partial charge in [-0.05, 0) is 25.8 Å². The van der Waals surface area contributed by atoms with E-state index in [0.717, 1.165) is 31.2 Å². The summed E-state index contributed by atoms with van der Waals surface area (Å²) in [4.78, 5) is 4.67. The second kappa shape index (κ2) is 9.61. The molecule has 1 atom stereocenters. The van der Waals surface area contributed by atoms with Crippen LogP contribution in [0.15, 0.2) is 29.5 Å². The van der Waals surface area contributed by atoms with Gasteiger partial charge in [0, 0.05) is 30.6 Å². The summed E-state index contributed by atoms with van der Waals surface area (Å²) in [7, 11) is 0. The van der Waals surface area contributed by atoms with Gasteiger partial charge in [0.05, 0.1) is 12.6 Å². The summed E-state index contributed by atoms with van der Waals surface area (Å²) in [6.45, 7) is 5.10. The summed E-state index contributed by atoms with van der Waals surface area (Å²) in [5.41, 5.74) is 0.411. The molecule has 1 fully saturated rings. The van der Waals surface area contributed by atoms with Crippen molar-refractivity contribution in [1.29, 1.82) is 0 Å². The number of rotatable bonds is 7. The van der Waals surface area contributed by atoms with Gasteiger partial charge in [0.1, 0.15) is 23.8 Å². The Balaban J connectivity index is 1.68. The zero-order valence-electron chi connectivity index (χ0n) is 16.5. The number of guanidine groups is 1. The number of nitrogens with zero attached hydrogens (tertiary/aromatic N) is 4. The summed E-state index contributed by atoms with van der Waals surface area (Å²) in [6, 6.07) is 3.69. The van der Waals surface area contributed by atoms with Crippen LogP contribution in [0.5, 0.6) is 0 Å². The lowest BCUT2D eigenvalue weighted by Gasteiger charge is -2.22. The fourth-order valence-electron chi connectivity index (χ4n) is 3.54. The van der Waals surface area contributed by atoms with E-state index < -0.39 is 11.6 Å². The van der Waals surface area contributed by atoms with Crippen LogP contribution in [0.25, 0.3) is 0 Å². The minimum absolute atomic E-state index is 0.339. The first kappa shape index (κ1) is 20.2.